The van der Waals surface area contributed by atoms with Gasteiger partial charge in [-0.05, 0) is 31.0 Å². The van der Waals surface area contributed by atoms with Crippen molar-refractivity contribution in [3.63, 3.8) is 0 Å². The van der Waals surface area contributed by atoms with E-state index in [1.165, 1.54) is 0 Å². The smallest absolute Gasteiger partial charge is 0.277 e. The van der Waals surface area contributed by atoms with Crippen LogP contribution in [0.2, 0.25) is 0 Å². The summed E-state index contributed by atoms with van der Waals surface area (Å²) < 4.78 is -2.00. The number of hydrogen-bond acceptors (Lipinski definition) is 6. The van der Waals surface area contributed by atoms with Crippen LogP contribution in [0.5, 0.6) is 0 Å². The summed E-state index contributed by atoms with van der Waals surface area (Å²) in [7, 11) is 0. The van der Waals surface area contributed by atoms with E-state index in [9.17, 15) is 25.0 Å². The molecule has 0 spiro atoms. The highest BCUT2D eigenvalue weighted by Crippen LogP contribution is 2.32. The quantitative estimate of drug-likeness (QED) is 0.279. The van der Waals surface area contributed by atoms with Gasteiger partial charge < -0.3 is 10.6 Å². The van der Waals surface area contributed by atoms with E-state index in [1.807, 2.05) is 26.0 Å². The fourth-order valence-electron chi connectivity index (χ4n) is 2.40. The largest absolute Gasteiger partial charge is 0.362 e. The van der Waals surface area contributed by atoms with Crippen molar-refractivity contribution in [3.8, 4) is 0 Å². The van der Waals surface area contributed by atoms with Gasteiger partial charge >= 0.3 is 0 Å². The lowest BCUT2D eigenvalue weighted by atomic mass is 10.1. The normalized spacial score (nSPS) is 12.2. The molecule has 0 saturated heterocycles. The van der Waals surface area contributed by atoms with Crippen molar-refractivity contribution in [2.75, 3.05) is 5.32 Å². The summed E-state index contributed by atoms with van der Waals surface area (Å²) in [4.78, 5) is 33.0. The molecule has 1 amide bonds. The van der Waals surface area contributed by atoms with Crippen LogP contribution in [0.25, 0.3) is 0 Å². The number of nitrogens with one attached hydrogen (secondary N) is 2. The number of alkyl halides is 3. The molecule has 0 saturated carbocycles. The number of nitro groups is 2. The first-order valence-corrected chi connectivity index (χ1v) is 9.17. The van der Waals surface area contributed by atoms with Gasteiger partial charge in [0.25, 0.3) is 17.3 Å². The third kappa shape index (κ3) is 5.93. The van der Waals surface area contributed by atoms with E-state index in [0.29, 0.717) is 5.69 Å². The highest BCUT2D eigenvalue weighted by Gasteiger charge is 2.35. The fourth-order valence-corrected chi connectivity index (χ4v) is 2.73. The monoisotopic (exact) mass is 460 g/mol. The third-order valence-corrected chi connectivity index (χ3v) is 4.54. The van der Waals surface area contributed by atoms with Gasteiger partial charge in [-0.3, -0.25) is 25.0 Å². The summed E-state index contributed by atoms with van der Waals surface area (Å²) in [6, 6.07) is 8.04. The Balaban J connectivity index is 2.37. The lowest BCUT2D eigenvalue weighted by Gasteiger charge is -2.28. The van der Waals surface area contributed by atoms with Gasteiger partial charge in [0.05, 0.1) is 21.5 Å². The molecule has 0 heterocycles. The van der Waals surface area contributed by atoms with Crippen molar-refractivity contribution >= 4 is 57.8 Å². The predicted octanol–water partition coefficient (Wildman–Crippen LogP) is 4.66. The molecule has 0 aromatic heterocycles. The van der Waals surface area contributed by atoms with Gasteiger partial charge in [-0.1, -0.05) is 46.9 Å². The Labute approximate surface area is 180 Å². The molecule has 0 unspecified atom stereocenters. The zero-order valence-electron chi connectivity index (χ0n) is 15.1. The SMILES string of the molecule is Cc1ccc(C)c(N[C@H](NC(=O)c2cc([N+](=O)[O-])cc([N+](=O)[O-])c2)C(Cl)(Cl)Cl)c1. The molecule has 0 fully saturated rings. The van der Waals surface area contributed by atoms with Gasteiger partial charge in [0.15, 0.2) is 0 Å². The highest BCUT2D eigenvalue weighted by molar-refractivity contribution is 6.68. The molecule has 154 valence electrons. The van der Waals surface area contributed by atoms with Crippen LogP contribution in [0.3, 0.4) is 0 Å². The first-order chi connectivity index (χ1) is 13.4. The van der Waals surface area contributed by atoms with Crippen molar-refractivity contribution in [2.24, 2.45) is 0 Å². The number of anilines is 1. The van der Waals surface area contributed by atoms with Gasteiger partial charge in [-0.2, -0.15) is 0 Å². The predicted molar refractivity (Wildman–Crippen MR) is 111 cm³/mol. The van der Waals surface area contributed by atoms with Crippen LogP contribution in [-0.2, 0) is 0 Å². The summed E-state index contributed by atoms with van der Waals surface area (Å²) >= 11 is 17.9. The van der Waals surface area contributed by atoms with Crippen molar-refractivity contribution in [3.05, 3.63) is 73.3 Å². The number of non-ortho nitro benzene ring substituents is 2. The van der Waals surface area contributed by atoms with E-state index in [-0.39, 0.29) is 5.56 Å². The standard InChI is InChI=1S/C17H15Cl3N4O5/c1-9-3-4-10(2)14(5-9)21-16(17(18,19)20)22-15(25)11-6-12(23(26)27)8-13(7-11)24(28)29/h3-8,16,21H,1-2H3,(H,22,25)/t16-/m1/s1. The second-order valence-corrected chi connectivity index (χ2v) is 8.53. The minimum absolute atomic E-state index is 0.326. The second kappa shape index (κ2) is 8.81. The van der Waals surface area contributed by atoms with Crippen LogP contribution in [0, 0.1) is 34.1 Å². The number of carbonyl (C=O) groups is 1. The molecule has 2 aromatic rings. The van der Waals surface area contributed by atoms with Gasteiger partial charge in [-0.15, -0.1) is 0 Å². The van der Waals surface area contributed by atoms with Crippen molar-refractivity contribution in [1.82, 2.24) is 5.32 Å². The average Bonchev–Trinajstić information content (AvgIpc) is 2.62. The molecular formula is C17H15Cl3N4O5. The Hall–Kier alpha value is -2.62. The molecule has 0 bridgehead atoms. The van der Waals surface area contributed by atoms with E-state index in [0.717, 1.165) is 29.3 Å². The van der Waals surface area contributed by atoms with Crippen molar-refractivity contribution < 1.29 is 14.6 Å². The Morgan fingerprint density at radius 2 is 1.55 bits per heavy atom. The van der Waals surface area contributed by atoms with Gasteiger partial charge in [-0.25, -0.2) is 0 Å². The van der Waals surface area contributed by atoms with E-state index >= 15 is 0 Å². The van der Waals surface area contributed by atoms with Crippen molar-refractivity contribution in [2.45, 2.75) is 23.8 Å². The lowest BCUT2D eigenvalue weighted by molar-refractivity contribution is -0.394. The number of hydrogen-bond donors (Lipinski definition) is 2. The zero-order chi connectivity index (χ0) is 21.9. The Morgan fingerprint density at radius 1 is 1.00 bits per heavy atom. The molecule has 12 heteroatoms. The van der Waals surface area contributed by atoms with E-state index < -0.39 is 37.1 Å². The summed E-state index contributed by atoms with van der Waals surface area (Å²) in [5.41, 5.74) is 0.769. The minimum Gasteiger partial charge on any atom is -0.362 e. The second-order valence-electron chi connectivity index (χ2n) is 6.16. The number of nitrogens with zero attached hydrogens (tertiary/aromatic N) is 2. The molecule has 2 N–H and O–H groups in total. The van der Waals surface area contributed by atoms with E-state index in [1.54, 1.807) is 6.07 Å². The van der Waals surface area contributed by atoms with E-state index in [4.69, 9.17) is 34.8 Å². The molecule has 2 aromatic carbocycles. The first kappa shape index (κ1) is 22.7. The Kier molecular flexibility index (Phi) is 6.89. The van der Waals surface area contributed by atoms with Crippen LogP contribution < -0.4 is 10.6 Å². The summed E-state index contributed by atoms with van der Waals surface area (Å²) in [6.45, 7) is 3.67. The first-order valence-electron chi connectivity index (χ1n) is 8.03. The molecular weight excluding hydrogens is 447 g/mol. The highest BCUT2D eigenvalue weighted by atomic mass is 35.6. The van der Waals surface area contributed by atoms with Gasteiger partial charge in [0.2, 0.25) is 3.79 Å². The maximum atomic E-state index is 12.6. The molecule has 0 aliphatic rings. The third-order valence-electron chi connectivity index (χ3n) is 3.88. The molecule has 0 radical (unpaired) electrons. The number of carbonyl (C=O) groups excluding carboxylic acids is 1. The number of aryl methyl sites for hydroxylation is 2. The average molecular weight is 462 g/mol. The van der Waals surface area contributed by atoms with Crippen LogP contribution in [0.4, 0.5) is 17.1 Å². The Morgan fingerprint density at radius 3 is 2.03 bits per heavy atom. The van der Waals surface area contributed by atoms with Crippen LogP contribution in [-0.4, -0.2) is 25.7 Å². The number of rotatable bonds is 6. The fraction of sp³-hybridized carbons (Fsp3) is 0.235. The van der Waals surface area contributed by atoms with Crippen LogP contribution >= 0.6 is 34.8 Å². The summed E-state index contributed by atoms with van der Waals surface area (Å²) in [5, 5.41) is 27.4. The van der Waals surface area contributed by atoms with Gasteiger partial charge in [0, 0.05) is 17.8 Å². The molecule has 0 aliphatic heterocycles. The number of amides is 1. The Bertz CT molecular complexity index is 946. The van der Waals surface area contributed by atoms with Crippen LogP contribution in [0.15, 0.2) is 36.4 Å². The maximum Gasteiger partial charge on any atom is 0.277 e. The molecule has 9 nitrogen and oxygen atoms in total. The summed E-state index contributed by atoms with van der Waals surface area (Å²) in [5.74, 6) is -0.897. The minimum atomic E-state index is -2.00. The maximum absolute atomic E-state index is 12.6. The zero-order valence-corrected chi connectivity index (χ0v) is 17.4. The molecule has 29 heavy (non-hydrogen) atoms. The van der Waals surface area contributed by atoms with Crippen LogP contribution in [0.1, 0.15) is 21.5 Å². The molecule has 0 aliphatic carbocycles. The molecule has 2 rings (SSSR count). The van der Waals surface area contributed by atoms with Crippen molar-refractivity contribution in [1.29, 1.82) is 0 Å². The number of halogens is 3. The van der Waals surface area contributed by atoms with E-state index in [2.05, 4.69) is 10.6 Å². The summed E-state index contributed by atoms with van der Waals surface area (Å²) in [6.07, 6.45) is -1.24. The molecule has 1 atom stereocenters. The lowest BCUT2D eigenvalue weighted by Crippen LogP contribution is -2.49. The number of benzene rings is 2. The topological polar surface area (TPSA) is 127 Å². The number of nitro benzene ring substituents is 2. The van der Waals surface area contributed by atoms with Gasteiger partial charge in [0.1, 0.15) is 6.17 Å².